The largest absolute Gasteiger partial charge is 0.389 e. The monoisotopic (exact) mass is 213 g/mol. The lowest BCUT2D eigenvalue weighted by atomic mass is 10.0. The van der Waals surface area contributed by atoms with Crippen LogP contribution in [0.25, 0.3) is 0 Å². The molecule has 0 aliphatic heterocycles. The highest BCUT2D eigenvalue weighted by Crippen LogP contribution is 2.20. The van der Waals surface area contributed by atoms with Crippen LogP contribution in [0, 0.1) is 0 Å². The van der Waals surface area contributed by atoms with Crippen molar-refractivity contribution in [3.63, 3.8) is 0 Å². The van der Waals surface area contributed by atoms with Gasteiger partial charge in [0.15, 0.2) is 0 Å². The fraction of sp³-hybridized carbons (Fsp3) is 0.400. The van der Waals surface area contributed by atoms with Gasteiger partial charge in [0, 0.05) is 18.5 Å². The highest BCUT2D eigenvalue weighted by atomic mass is 32.1. The molecule has 0 spiro atoms. The Balaban J connectivity index is 2.83. The summed E-state index contributed by atoms with van der Waals surface area (Å²) in [6, 6.07) is 7.30. The van der Waals surface area contributed by atoms with Crippen LogP contribution in [0.2, 0.25) is 0 Å². The van der Waals surface area contributed by atoms with E-state index in [9.17, 15) is 10.2 Å². The number of aliphatic hydroxyl groups excluding tert-OH is 2. The van der Waals surface area contributed by atoms with Crippen LogP contribution in [0.4, 0.5) is 5.69 Å². The Bertz CT molecular complexity index is 293. The molecule has 1 rings (SSSR count). The molecule has 0 saturated carbocycles. The highest BCUT2D eigenvalue weighted by molar-refractivity contribution is 7.80. The van der Waals surface area contributed by atoms with Crippen LogP contribution in [0.5, 0.6) is 0 Å². The molecule has 0 radical (unpaired) electrons. The van der Waals surface area contributed by atoms with Crippen LogP contribution in [0.3, 0.4) is 0 Å². The summed E-state index contributed by atoms with van der Waals surface area (Å²) in [4.78, 5) is 0. The van der Waals surface area contributed by atoms with Gasteiger partial charge < -0.3 is 15.5 Å². The molecule has 1 aromatic rings. The van der Waals surface area contributed by atoms with Gasteiger partial charge in [0.1, 0.15) is 6.10 Å². The first-order valence-electron chi connectivity index (χ1n) is 4.43. The SMILES string of the molecule is CNc1cccc(C(O)C(O)CS)c1. The summed E-state index contributed by atoms with van der Waals surface area (Å²) in [5.41, 5.74) is 1.60. The lowest BCUT2D eigenvalue weighted by Gasteiger charge is -2.16. The molecule has 0 bridgehead atoms. The number of benzene rings is 1. The van der Waals surface area contributed by atoms with E-state index in [1.54, 1.807) is 19.2 Å². The van der Waals surface area contributed by atoms with Crippen LogP contribution in [-0.2, 0) is 0 Å². The zero-order valence-corrected chi connectivity index (χ0v) is 8.91. The molecule has 0 aliphatic rings. The van der Waals surface area contributed by atoms with Crippen molar-refractivity contribution >= 4 is 18.3 Å². The predicted molar refractivity (Wildman–Crippen MR) is 60.8 cm³/mol. The third-order valence-corrected chi connectivity index (χ3v) is 2.44. The molecule has 0 heterocycles. The standard InChI is InChI=1S/C10H15NO2S/c1-11-8-4-2-3-7(5-8)10(13)9(12)6-14/h2-5,9-14H,6H2,1H3. The van der Waals surface area contributed by atoms with E-state index in [0.29, 0.717) is 5.56 Å². The zero-order chi connectivity index (χ0) is 10.6. The van der Waals surface area contributed by atoms with Gasteiger partial charge in [-0.25, -0.2) is 0 Å². The van der Waals surface area contributed by atoms with E-state index < -0.39 is 12.2 Å². The van der Waals surface area contributed by atoms with Gasteiger partial charge in [-0.1, -0.05) is 12.1 Å². The number of anilines is 1. The van der Waals surface area contributed by atoms with Crippen molar-refractivity contribution < 1.29 is 10.2 Å². The molecule has 78 valence electrons. The molecule has 0 aromatic heterocycles. The number of nitrogens with one attached hydrogen (secondary N) is 1. The summed E-state index contributed by atoms with van der Waals surface area (Å²) in [6.45, 7) is 0. The topological polar surface area (TPSA) is 52.5 Å². The molecule has 2 unspecified atom stereocenters. The van der Waals surface area contributed by atoms with Gasteiger partial charge in [0.2, 0.25) is 0 Å². The second kappa shape index (κ2) is 5.24. The third kappa shape index (κ3) is 2.64. The number of aliphatic hydroxyl groups is 2. The molecule has 0 fully saturated rings. The van der Waals surface area contributed by atoms with Crippen LogP contribution >= 0.6 is 12.6 Å². The molecule has 2 atom stereocenters. The molecule has 0 aliphatic carbocycles. The molecule has 4 heteroatoms. The fourth-order valence-corrected chi connectivity index (χ4v) is 1.40. The number of rotatable bonds is 4. The molecule has 1 aromatic carbocycles. The molecular formula is C10H15NO2S. The summed E-state index contributed by atoms with van der Waals surface area (Å²) in [6.07, 6.45) is -1.70. The normalized spacial score (nSPS) is 14.9. The molecule has 3 nitrogen and oxygen atoms in total. The average Bonchev–Trinajstić information content (AvgIpc) is 2.27. The first-order chi connectivity index (χ1) is 6.69. The van der Waals surface area contributed by atoms with Gasteiger partial charge in [-0.2, -0.15) is 12.6 Å². The Hall–Kier alpha value is -0.710. The van der Waals surface area contributed by atoms with Crippen molar-refractivity contribution in [2.45, 2.75) is 12.2 Å². The van der Waals surface area contributed by atoms with E-state index in [-0.39, 0.29) is 5.75 Å². The van der Waals surface area contributed by atoms with E-state index in [1.807, 2.05) is 12.1 Å². The second-order valence-corrected chi connectivity index (χ2v) is 3.44. The van der Waals surface area contributed by atoms with Crippen LogP contribution in [0.1, 0.15) is 11.7 Å². The molecular weight excluding hydrogens is 198 g/mol. The minimum absolute atomic E-state index is 0.241. The van der Waals surface area contributed by atoms with E-state index in [0.717, 1.165) is 5.69 Å². The van der Waals surface area contributed by atoms with Crippen LogP contribution in [-0.4, -0.2) is 29.1 Å². The van der Waals surface area contributed by atoms with E-state index in [4.69, 9.17) is 0 Å². The minimum Gasteiger partial charge on any atom is -0.389 e. The summed E-state index contributed by atoms with van der Waals surface area (Å²) in [5.74, 6) is 0.241. The van der Waals surface area contributed by atoms with Crippen LogP contribution in [0.15, 0.2) is 24.3 Å². The maximum atomic E-state index is 9.68. The number of hydrogen-bond donors (Lipinski definition) is 4. The zero-order valence-electron chi connectivity index (χ0n) is 8.01. The Morgan fingerprint density at radius 1 is 1.43 bits per heavy atom. The predicted octanol–water partition coefficient (Wildman–Crippen LogP) is 1.05. The number of hydrogen-bond acceptors (Lipinski definition) is 4. The maximum Gasteiger partial charge on any atom is 0.106 e. The second-order valence-electron chi connectivity index (χ2n) is 3.07. The lowest BCUT2D eigenvalue weighted by molar-refractivity contribution is 0.0338. The summed E-state index contributed by atoms with van der Waals surface area (Å²) in [7, 11) is 1.81. The third-order valence-electron chi connectivity index (χ3n) is 2.07. The summed E-state index contributed by atoms with van der Waals surface area (Å²) in [5, 5.41) is 22.0. The van der Waals surface area contributed by atoms with Gasteiger partial charge in [-0.3, -0.25) is 0 Å². The molecule has 3 N–H and O–H groups in total. The van der Waals surface area contributed by atoms with Crippen molar-refractivity contribution in [2.75, 3.05) is 18.1 Å². The van der Waals surface area contributed by atoms with Crippen LogP contribution < -0.4 is 5.32 Å². The fourth-order valence-electron chi connectivity index (χ4n) is 1.20. The maximum absolute atomic E-state index is 9.68. The van der Waals surface area contributed by atoms with Crippen molar-refractivity contribution in [2.24, 2.45) is 0 Å². The van der Waals surface area contributed by atoms with Gasteiger partial charge in [0.05, 0.1) is 6.10 Å². The Morgan fingerprint density at radius 2 is 2.14 bits per heavy atom. The molecule has 14 heavy (non-hydrogen) atoms. The van der Waals surface area contributed by atoms with Crippen molar-refractivity contribution in [3.8, 4) is 0 Å². The smallest absolute Gasteiger partial charge is 0.106 e. The van der Waals surface area contributed by atoms with Crippen molar-refractivity contribution in [1.82, 2.24) is 0 Å². The first kappa shape index (κ1) is 11.4. The summed E-state index contributed by atoms with van der Waals surface area (Å²) < 4.78 is 0. The van der Waals surface area contributed by atoms with Gasteiger partial charge in [-0.15, -0.1) is 0 Å². The van der Waals surface area contributed by atoms with Crippen molar-refractivity contribution in [1.29, 1.82) is 0 Å². The van der Waals surface area contributed by atoms with Gasteiger partial charge in [0.25, 0.3) is 0 Å². The highest BCUT2D eigenvalue weighted by Gasteiger charge is 2.16. The lowest BCUT2D eigenvalue weighted by Crippen LogP contribution is -2.19. The van der Waals surface area contributed by atoms with E-state index >= 15 is 0 Å². The molecule has 0 saturated heterocycles. The van der Waals surface area contributed by atoms with E-state index in [1.165, 1.54) is 0 Å². The summed E-state index contributed by atoms with van der Waals surface area (Å²) >= 11 is 3.93. The first-order valence-corrected chi connectivity index (χ1v) is 5.07. The van der Waals surface area contributed by atoms with E-state index in [2.05, 4.69) is 17.9 Å². The van der Waals surface area contributed by atoms with Gasteiger partial charge >= 0.3 is 0 Å². The number of thiol groups is 1. The Labute approximate surface area is 89.2 Å². The van der Waals surface area contributed by atoms with Crippen molar-refractivity contribution in [3.05, 3.63) is 29.8 Å². The average molecular weight is 213 g/mol. The minimum atomic E-state index is -0.874. The quantitative estimate of drug-likeness (QED) is 0.566. The Kier molecular flexibility index (Phi) is 4.25. The molecule has 0 amide bonds. The Morgan fingerprint density at radius 3 is 2.71 bits per heavy atom. The van der Waals surface area contributed by atoms with Gasteiger partial charge in [-0.05, 0) is 17.7 Å².